The minimum absolute atomic E-state index is 0.616. The first-order chi connectivity index (χ1) is 8.35. The lowest BCUT2D eigenvalue weighted by Crippen LogP contribution is -2.24. The van der Waals surface area contributed by atoms with Gasteiger partial charge in [-0.2, -0.15) is 0 Å². The van der Waals surface area contributed by atoms with Gasteiger partial charge in [-0.15, -0.1) is 11.8 Å². The second-order valence-corrected chi connectivity index (χ2v) is 5.51. The number of pyridine rings is 1. The molecular formula is C14H22N2S. The molecule has 0 aliphatic carbocycles. The van der Waals surface area contributed by atoms with Crippen molar-refractivity contribution in [3.63, 3.8) is 0 Å². The number of hydrogen-bond acceptors (Lipinski definition) is 3. The number of unbranched alkanes of at least 4 members (excludes halogenated alkanes) is 1. The third-order valence-corrected chi connectivity index (χ3v) is 4.18. The van der Waals surface area contributed by atoms with Crippen molar-refractivity contribution in [2.75, 3.05) is 19.3 Å². The van der Waals surface area contributed by atoms with Gasteiger partial charge in [0.05, 0.1) is 5.03 Å². The molecule has 3 heteroatoms. The number of rotatable bonds is 5. The zero-order valence-electron chi connectivity index (χ0n) is 10.9. The Balaban J connectivity index is 2.03. The Bertz CT molecular complexity index is 337. The van der Waals surface area contributed by atoms with Gasteiger partial charge < -0.3 is 0 Å². The molecule has 0 radical (unpaired) electrons. The maximum atomic E-state index is 4.49. The van der Waals surface area contributed by atoms with Crippen molar-refractivity contribution in [2.24, 2.45) is 0 Å². The van der Waals surface area contributed by atoms with Gasteiger partial charge in [0.2, 0.25) is 0 Å². The molecule has 1 aliphatic heterocycles. The van der Waals surface area contributed by atoms with Gasteiger partial charge in [0.1, 0.15) is 0 Å². The van der Waals surface area contributed by atoms with Crippen molar-refractivity contribution in [1.82, 2.24) is 9.88 Å². The number of nitrogens with zero attached hydrogens (tertiary/aromatic N) is 2. The van der Waals surface area contributed by atoms with E-state index in [1.165, 1.54) is 44.3 Å². The molecule has 0 spiro atoms. The Labute approximate surface area is 109 Å². The first-order valence-electron chi connectivity index (χ1n) is 6.59. The number of hydrogen-bond donors (Lipinski definition) is 0. The number of aromatic nitrogens is 1. The summed E-state index contributed by atoms with van der Waals surface area (Å²) >= 11 is 1.71. The Hall–Kier alpha value is -0.540. The molecule has 1 fully saturated rings. The highest BCUT2D eigenvalue weighted by atomic mass is 32.2. The van der Waals surface area contributed by atoms with Crippen LogP contribution in [0.1, 0.15) is 44.2 Å². The second-order valence-electron chi connectivity index (χ2n) is 4.68. The first-order valence-corrected chi connectivity index (χ1v) is 7.81. The highest BCUT2D eigenvalue weighted by Crippen LogP contribution is 2.32. The zero-order valence-corrected chi connectivity index (χ0v) is 11.7. The Kier molecular flexibility index (Phi) is 4.86. The van der Waals surface area contributed by atoms with Gasteiger partial charge in [-0.25, -0.2) is 4.98 Å². The van der Waals surface area contributed by atoms with E-state index in [9.17, 15) is 0 Å². The molecule has 1 saturated heterocycles. The molecule has 0 amide bonds. The van der Waals surface area contributed by atoms with Crippen molar-refractivity contribution < 1.29 is 0 Å². The summed E-state index contributed by atoms with van der Waals surface area (Å²) in [4.78, 5) is 7.12. The Morgan fingerprint density at radius 1 is 1.47 bits per heavy atom. The molecule has 0 bridgehead atoms. The SMILES string of the molecule is CCCCN1CCC[C@@H]1c1ccc(SC)nc1. The van der Waals surface area contributed by atoms with E-state index in [1.807, 2.05) is 0 Å². The van der Waals surface area contributed by atoms with Crippen molar-refractivity contribution >= 4 is 11.8 Å². The predicted molar refractivity (Wildman–Crippen MR) is 74.5 cm³/mol. The van der Waals surface area contributed by atoms with Crippen molar-refractivity contribution in [1.29, 1.82) is 0 Å². The lowest BCUT2D eigenvalue weighted by molar-refractivity contribution is 0.253. The summed E-state index contributed by atoms with van der Waals surface area (Å²) in [6, 6.07) is 5.02. The smallest absolute Gasteiger partial charge is 0.0957 e. The van der Waals surface area contributed by atoms with Crippen LogP contribution in [-0.4, -0.2) is 29.2 Å². The zero-order chi connectivity index (χ0) is 12.1. The van der Waals surface area contributed by atoms with Gasteiger partial charge in [-0.3, -0.25) is 4.90 Å². The predicted octanol–water partition coefficient (Wildman–Crippen LogP) is 3.74. The Morgan fingerprint density at radius 2 is 2.35 bits per heavy atom. The molecule has 0 aromatic carbocycles. The summed E-state index contributed by atoms with van der Waals surface area (Å²) in [6.07, 6.45) is 9.37. The highest BCUT2D eigenvalue weighted by molar-refractivity contribution is 7.98. The normalized spacial score (nSPS) is 20.9. The van der Waals surface area contributed by atoms with Crippen molar-refractivity contribution in [3.8, 4) is 0 Å². The van der Waals surface area contributed by atoms with E-state index >= 15 is 0 Å². The van der Waals surface area contributed by atoms with Crippen LogP contribution in [0.2, 0.25) is 0 Å². The quantitative estimate of drug-likeness (QED) is 0.741. The van der Waals surface area contributed by atoms with Gasteiger partial charge in [-0.05, 0) is 50.2 Å². The van der Waals surface area contributed by atoms with Gasteiger partial charge in [0, 0.05) is 12.2 Å². The summed E-state index contributed by atoms with van der Waals surface area (Å²) in [7, 11) is 0. The monoisotopic (exact) mass is 250 g/mol. The minimum Gasteiger partial charge on any atom is -0.296 e. The average molecular weight is 250 g/mol. The third-order valence-electron chi connectivity index (χ3n) is 3.52. The van der Waals surface area contributed by atoms with E-state index in [0.717, 1.165) is 5.03 Å². The van der Waals surface area contributed by atoms with Crippen LogP contribution in [0.3, 0.4) is 0 Å². The van der Waals surface area contributed by atoms with Crippen LogP contribution < -0.4 is 0 Å². The molecule has 1 aliphatic rings. The summed E-state index contributed by atoms with van der Waals surface area (Å²) < 4.78 is 0. The molecule has 0 saturated carbocycles. The maximum absolute atomic E-state index is 4.49. The van der Waals surface area contributed by atoms with Crippen LogP contribution in [0, 0.1) is 0 Å². The molecule has 0 unspecified atom stereocenters. The van der Waals surface area contributed by atoms with Gasteiger partial charge in [0.15, 0.2) is 0 Å². The molecule has 2 nitrogen and oxygen atoms in total. The van der Waals surface area contributed by atoms with E-state index in [0.29, 0.717) is 6.04 Å². The standard InChI is InChI=1S/C14H22N2S/c1-3-4-9-16-10-5-6-13(16)12-7-8-14(17-2)15-11-12/h7-8,11,13H,3-6,9-10H2,1-2H3/t13-/m1/s1. The van der Waals surface area contributed by atoms with Gasteiger partial charge in [0.25, 0.3) is 0 Å². The first kappa shape index (κ1) is 12.9. The average Bonchev–Trinajstić information content (AvgIpc) is 2.84. The lowest BCUT2D eigenvalue weighted by atomic mass is 10.1. The van der Waals surface area contributed by atoms with Crippen molar-refractivity contribution in [2.45, 2.75) is 43.7 Å². The molecular weight excluding hydrogens is 228 g/mol. The van der Waals surface area contributed by atoms with Crippen molar-refractivity contribution in [3.05, 3.63) is 23.9 Å². The third kappa shape index (κ3) is 3.23. The largest absolute Gasteiger partial charge is 0.296 e. The number of likely N-dealkylation sites (tertiary alicyclic amines) is 1. The van der Waals surface area contributed by atoms with Gasteiger partial charge >= 0.3 is 0 Å². The highest BCUT2D eigenvalue weighted by Gasteiger charge is 2.25. The van der Waals surface area contributed by atoms with E-state index < -0.39 is 0 Å². The van der Waals surface area contributed by atoms with E-state index in [1.54, 1.807) is 11.8 Å². The molecule has 17 heavy (non-hydrogen) atoms. The lowest BCUT2D eigenvalue weighted by Gasteiger charge is -2.24. The molecule has 0 N–H and O–H groups in total. The molecule has 1 atom stereocenters. The van der Waals surface area contributed by atoms with E-state index in [4.69, 9.17) is 0 Å². The van der Waals surface area contributed by atoms with Crippen LogP contribution in [0.4, 0.5) is 0 Å². The topological polar surface area (TPSA) is 16.1 Å². The van der Waals surface area contributed by atoms with E-state index in [-0.39, 0.29) is 0 Å². The van der Waals surface area contributed by atoms with Crippen LogP contribution in [0.15, 0.2) is 23.4 Å². The fraction of sp³-hybridized carbons (Fsp3) is 0.643. The van der Waals surface area contributed by atoms with Gasteiger partial charge in [-0.1, -0.05) is 19.4 Å². The summed E-state index contributed by atoms with van der Waals surface area (Å²) in [5.41, 5.74) is 1.40. The van der Waals surface area contributed by atoms with Crippen LogP contribution in [0.25, 0.3) is 0 Å². The Morgan fingerprint density at radius 3 is 3.00 bits per heavy atom. The molecule has 1 aromatic rings. The molecule has 2 heterocycles. The van der Waals surface area contributed by atoms with E-state index in [2.05, 4.69) is 41.4 Å². The second kappa shape index (κ2) is 6.41. The summed E-state index contributed by atoms with van der Waals surface area (Å²) in [5.74, 6) is 0. The molecule has 94 valence electrons. The molecule has 2 rings (SSSR count). The minimum atomic E-state index is 0.616. The molecule has 1 aromatic heterocycles. The van der Waals surface area contributed by atoms with Crippen LogP contribution in [0.5, 0.6) is 0 Å². The fourth-order valence-electron chi connectivity index (χ4n) is 2.54. The van der Waals surface area contributed by atoms with Crippen LogP contribution in [-0.2, 0) is 0 Å². The fourth-order valence-corrected chi connectivity index (χ4v) is 2.90. The summed E-state index contributed by atoms with van der Waals surface area (Å²) in [6.45, 7) is 4.76. The maximum Gasteiger partial charge on any atom is 0.0957 e. The number of thioether (sulfide) groups is 1. The van der Waals surface area contributed by atoms with Crippen LogP contribution >= 0.6 is 11.8 Å². The summed E-state index contributed by atoms with van der Waals surface area (Å²) in [5, 5.41) is 1.12.